The number of fused-ring (bicyclic) bond motifs is 1. The Hall–Kier alpha value is -1.85. The Morgan fingerprint density at radius 1 is 1.36 bits per heavy atom. The number of nitrogens with zero attached hydrogens (tertiary/aromatic N) is 2. The van der Waals surface area contributed by atoms with Crippen LogP contribution in [0, 0.1) is 6.92 Å². The van der Waals surface area contributed by atoms with E-state index in [1.54, 1.807) is 6.92 Å². The minimum absolute atomic E-state index is 0.239. The SMILES string of the molecule is CCn1c(=O)[nH]c2c(C)[nH]c(=O)nc21. The monoisotopic (exact) mass is 194 g/mol. The van der Waals surface area contributed by atoms with Crippen LogP contribution in [0.3, 0.4) is 0 Å². The van der Waals surface area contributed by atoms with Crippen molar-refractivity contribution in [1.29, 1.82) is 0 Å². The van der Waals surface area contributed by atoms with E-state index in [1.807, 2.05) is 6.92 Å². The first-order valence-corrected chi connectivity index (χ1v) is 4.33. The van der Waals surface area contributed by atoms with Crippen molar-refractivity contribution in [3.8, 4) is 0 Å². The van der Waals surface area contributed by atoms with Crippen LogP contribution in [-0.4, -0.2) is 19.5 Å². The van der Waals surface area contributed by atoms with E-state index >= 15 is 0 Å². The molecule has 0 aromatic carbocycles. The summed E-state index contributed by atoms with van der Waals surface area (Å²) in [6, 6.07) is 0. The van der Waals surface area contributed by atoms with Gasteiger partial charge >= 0.3 is 11.4 Å². The lowest BCUT2D eigenvalue weighted by molar-refractivity contribution is 0.743. The van der Waals surface area contributed by atoms with Crippen LogP contribution in [0.2, 0.25) is 0 Å². The van der Waals surface area contributed by atoms with E-state index in [0.29, 0.717) is 23.4 Å². The van der Waals surface area contributed by atoms with Crippen molar-refractivity contribution in [3.05, 3.63) is 26.7 Å². The van der Waals surface area contributed by atoms with Gasteiger partial charge in [0.05, 0.1) is 0 Å². The molecule has 14 heavy (non-hydrogen) atoms. The summed E-state index contributed by atoms with van der Waals surface area (Å²) in [5, 5.41) is 0. The highest BCUT2D eigenvalue weighted by atomic mass is 16.2. The molecule has 2 aromatic heterocycles. The molecular formula is C8H10N4O2. The van der Waals surface area contributed by atoms with E-state index in [-0.39, 0.29) is 5.69 Å². The van der Waals surface area contributed by atoms with Crippen LogP contribution in [0.15, 0.2) is 9.59 Å². The van der Waals surface area contributed by atoms with Crippen molar-refractivity contribution in [3.63, 3.8) is 0 Å². The fourth-order valence-corrected chi connectivity index (χ4v) is 1.48. The number of nitrogens with one attached hydrogen (secondary N) is 2. The minimum Gasteiger partial charge on any atom is -0.308 e. The molecule has 0 fully saturated rings. The number of rotatable bonds is 1. The molecule has 0 saturated carbocycles. The molecule has 2 rings (SSSR count). The third-order valence-corrected chi connectivity index (χ3v) is 2.15. The molecule has 0 aliphatic heterocycles. The molecule has 2 aromatic rings. The Bertz CT molecular complexity index is 589. The smallest absolute Gasteiger partial charge is 0.308 e. The van der Waals surface area contributed by atoms with Gasteiger partial charge in [-0.15, -0.1) is 0 Å². The molecule has 0 saturated heterocycles. The average Bonchev–Trinajstić information content (AvgIpc) is 2.41. The topological polar surface area (TPSA) is 83.5 Å². The van der Waals surface area contributed by atoms with E-state index < -0.39 is 5.69 Å². The van der Waals surface area contributed by atoms with E-state index in [4.69, 9.17) is 0 Å². The fraction of sp³-hybridized carbons (Fsp3) is 0.375. The summed E-state index contributed by atoms with van der Waals surface area (Å²) in [6.07, 6.45) is 0. The van der Waals surface area contributed by atoms with Gasteiger partial charge in [-0.05, 0) is 13.8 Å². The van der Waals surface area contributed by atoms with Crippen molar-refractivity contribution in [2.45, 2.75) is 20.4 Å². The Balaban J connectivity index is 3.02. The number of imidazole rings is 1. The molecule has 6 heteroatoms. The second-order valence-electron chi connectivity index (χ2n) is 3.04. The summed E-state index contributed by atoms with van der Waals surface area (Å²) in [4.78, 5) is 31.4. The zero-order chi connectivity index (χ0) is 10.3. The summed E-state index contributed by atoms with van der Waals surface area (Å²) in [5.74, 6) is 0. The van der Waals surface area contributed by atoms with E-state index in [9.17, 15) is 9.59 Å². The van der Waals surface area contributed by atoms with Crippen LogP contribution < -0.4 is 11.4 Å². The number of aryl methyl sites for hydroxylation is 2. The lowest BCUT2D eigenvalue weighted by Gasteiger charge is -1.96. The van der Waals surface area contributed by atoms with E-state index in [2.05, 4.69) is 15.0 Å². The second kappa shape index (κ2) is 2.83. The van der Waals surface area contributed by atoms with Gasteiger partial charge in [0, 0.05) is 12.2 Å². The molecule has 0 aliphatic rings. The quantitative estimate of drug-likeness (QED) is 0.656. The van der Waals surface area contributed by atoms with E-state index in [1.165, 1.54) is 4.57 Å². The molecule has 0 aliphatic carbocycles. The first-order chi connectivity index (χ1) is 6.63. The minimum atomic E-state index is -0.434. The highest BCUT2D eigenvalue weighted by Crippen LogP contribution is 2.06. The van der Waals surface area contributed by atoms with Crippen molar-refractivity contribution in [2.24, 2.45) is 0 Å². The largest absolute Gasteiger partial charge is 0.347 e. The predicted octanol–water partition coefficient (Wildman–Crippen LogP) is -0.259. The van der Waals surface area contributed by atoms with Gasteiger partial charge in [0.2, 0.25) is 0 Å². The van der Waals surface area contributed by atoms with E-state index in [0.717, 1.165) is 0 Å². The van der Waals surface area contributed by atoms with Gasteiger partial charge in [0.1, 0.15) is 5.52 Å². The molecular weight excluding hydrogens is 184 g/mol. The maximum Gasteiger partial charge on any atom is 0.347 e. The Morgan fingerprint density at radius 3 is 2.71 bits per heavy atom. The van der Waals surface area contributed by atoms with Gasteiger partial charge in [-0.3, -0.25) is 4.57 Å². The fourth-order valence-electron chi connectivity index (χ4n) is 1.48. The highest BCUT2D eigenvalue weighted by molar-refractivity contribution is 5.72. The zero-order valence-corrected chi connectivity index (χ0v) is 7.92. The predicted molar refractivity (Wildman–Crippen MR) is 51.4 cm³/mol. The van der Waals surface area contributed by atoms with Crippen molar-refractivity contribution < 1.29 is 0 Å². The lowest BCUT2D eigenvalue weighted by atomic mass is 10.4. The van der Waals surface area contributed by atoms with Crippen LogP contribution in [0.4, 0.5) is 0 Å². The third kappa shape index (κ3) is 1.07. The van der Waals surface area contributed by atoms with Crippen molar-refractivity contribution >= 4 is 11.2 Å². The molecule has 0 bridgehead atoms. The Kier molecular flexibility index (Phi) is 1.77. The summed E-state index contributed by atoms with van der Waals surface area (Å²) in [7, 11) is 0. The van der Waals surface area contributed by atoms with Gasteiger partial charge in [0.25, 0.3) is 0 Å². The molecule has 0 amide bonds. The van der Waals surface area contributed by atoms with Crippen molar-refractivity contribution in [2.75, 3.05) is 0 Å². The van der Waals surface area contributed by atoms with Crippen LogP contribution in [0.5, 0.6) is 0 Å². The first-order valence-electron chi connectivity index (χ1n) is 4.33. The zero-order valence-electron chi connectivity index (χ0n) is 7.92. The number of H-pyrrole nitrogens is 2. The first kappa shape index (κ1) is 8.74. The Morgan fingerprint density at radius 2 is 2.07 bits per heavy atom. The Labute approximate surface area is 78.6 Å². The van der Waals surface area contributed by atoms with Crippen LogP contribution in [0.25, 0.3) is 11.2 Å². The summed E-state index contributed by atoms with van der Waals surface area (Å²) < 4.78 is 1.43. The van der Waals surface area contributed by atoms with Crippen LogP contribution >= 0.6 is 0 Å². The van der Waals surface area contributed by atoms with Gasteiger partial charge in [0.15, 0.2) is 5.65 Å². The molecule has 2 N–H and O–H groups in total. The third-order valence-electron chi connectivity index (χ3n) is 2.15. The average molecular weight is 194 g/mol. The second-order valence-corrected chi connectivity index (χ2v) is 3.04. The van der Waals surface area contributed by atoms with Gasteiger partial charge in [-0.25, -0.2) is 9.59 Å². The number of aromatic amines is 2. The summed E-state index contributed by atoms with van der Waals surface area (Å²) in [5.41, 5.74) is 0.966. The van der Waals surface area contributed by atoms with Gasteiger partial charge in [-0.1, -0.05) is 0 Å². The molecule has 0 atom stereocenters. The number of hydrogen-bond acceptors (Lipinski definition) is 3. The molecule has 0 unspecified atom stereocenters. The maximum atomic E-state index is 11.4. The summed E-state index contributed by atoms with van der Waals surface area (Å²) in [6.45, 7) is 4.04. The van der Waals surface area contributed by atoms with Crippen molar-refractivity contribution in [1.82, 2.24) is 19.5 Å². The molecule has 74 valence electrons. The lowest BCUT2D eigenvalue weighted by Crippen LogP contribution is -2.17. The normalized spacial score (nSPS) is 11.0. The van der Waals surface area contributed by atoms with Crippen LogP contribution in [-0.2, 0) is 6.54 Å². The molecule has 6 nitrogen and oxygen atoms in total. The maximum absolute atomic E-state index is 11.4. The summed E-state index contributed by atoms with van der Waals surface area (Å²) >= 11 is 0. The van der Waals surface area contributed by atoms with Crippen LogP contribution in [0.1, 0.15) is 12.6 Å². The molecule has 0 spiro atoms. The number of aromatic nitrogens is 4. The number of hydrogen-bond donors (Lipinski definition) is 2. The van der Waals surface area contributed by atoms with Gasteiger partial charge < -0.3 is 9.97 Å². The molecule has 2 heterocycles. The highest BCUT2D eigenvalue weighted by Gasteiger charge is 2.09. The molecule has 0 radical (unpaired) electrons. The standard InChI is InChI=1S/C8H10N4O2/c1-3-12-6-5(10-8(12)14)4(2)9-7(13)11-6/h3H2,1-2H3,(H,10,14)(H,9,11,13). The van der Waals surface area contributed by atoms with Gasteiger partial charge in [-0.2, -0.15) is 4.98 Å².